The highest BCUT2D eigenvalue weighted by atomic mass is 16.6. The van der Waals surface area contributed by atoms with Gasteiger partial charge >= 0.3 is 12.1 Å². The van der Waals surface area contributed by atoms with Crippen LogP contribution in [0.4, 0.5) is 49.5 Å². The summed E-state index contributed by atoms with van der Waals surface area (Å²) < 4.78 is 0. The molecule has 0 saturated carbocycles. The average Bonchev–Trinajstić information content (AvgIpc) is 4.18. The predicted octanol–water partition coefficient (Wildman–Crippen LogP) is 8.43. The number of carbonyl (C=O) groups excluding carboxylic acids is 2. The monoisotopic (exact) mass is 979 g/mol. The standard InChI is InChI=1S/C28H30N6O.C20H23N7O3.C6H4N2/c1-32(2)28(35)34-13-11-33(12-14-34)22-7-9-24-21(16-22)17-26(30-24)19-6-8-23-20(15-19)18-27(31-23)25-5-3-4-10-29-25;1-24(2)20(28)26-9-7-25(8-10-26)14-4-6-16-17(12-14)23-19(22-16)13-3-5-15(21)18(11-13)27(29)30;1-7-6-4-2-3-5-8-6/h3-10,15-16,27,31H,11-14,17-18H2,1-2H3;3-6,11-12H,7-10,21H2,1-2H3,(H,22,23);2-5H. The number of piperazine rings is 2. The quantitative estimate of drug-likeness (QED) is 0.0624. The minimum absolute atomic E-state index is 0.0286. The molecule has 4 N–H and O–H groups in total. The Bertz CT molecular complexity index is 3210. The molecule has 7 aromatic rings. The number of nitrogen functional groups attached to an aromatic ring is 1. The molecule has 19 heteroatoms. The molecule has 73 heavy (non-hydrogen) atoms. The maximum atomic E-state index is 12.2. The zero-order valence-electron chi connectivity index (χ0n) is 41.3. The van der Waals surface area contributed by atoms with Crippen LogP contribution >= 0.6 is 0 Å². The lowest BCUT2D eigenvalue weighted by molar-refractivity contribution is -0.383. The van der Waals surface area contributed by atoms with Gasteiger partial charge in [0.05, 0.1) is 39.1 Å². The molecule has 4 amide bonds. The van der Waals surface area contributed by atoms with Gasteiger partial charge in [0.1, 0.15) is 17.7 Å². The van der Waals surface area contributed by atoms with Crippen molar-refractivity contribution >= 4 is 68.7 Å². The van der Waals surface area contributed by atoms with Crippen molar-refractivity contribution in [2.45, 2.75) is 18.9 Å². The fraction of sp³-hybridized carbons (Fsp3) is 0.278. The van der Waals surface area contributed by atoms with Crippen molar-refractivity contribution in [2.24, 2.45) is 4.99 Å². The summed E-state index contributed by atoms with van der Waals surface area (Å²) in [5.74, 6) is 0.999. The Balaban J connectivity index is 0.000000157. The minimum Gasteiger partial charge on any atom is -0.393 e. The van der Waals surface area contributed by atoms with Crippen molar-refractivity contribution in [1.82, 2.24) is 39.5 Å². The molecule has 1 atom stereocenters. The Kier molecular flexibility index (Phi) is 14.4. The smallest absolute Gasteiger partial charge is 0.319 e. The second kappa shape index (κ2) is 21.5. The minimum atomic E-state index is -0.500. The van der Waals surface area contributed by atoms with E-state index in [0.717, 1.165) is 85.9 Å². The van der Waals surface area contributed by atoms with Gasteiger partial charge < -0.3 is 50.3 Å². The van der Waals surface area contributed by atoms with Crippen LogP contribution in [-0.4, -0.2) is 143 Å². The number of urea groups is 2. The lowest BCUT2D eigenvalue weighted by Crippen LogP contribution is -2.51. The number of carbonyl (C=O) groups is 2. The summed E-state index contributed by atoms with van der Waals surface area (Å²) in [5.41, 5.74) is 18.4. The summed E-state index contributed by atoms with van der Waals surface area (Å²) in [6.07, 6.45) is 5.24. The number of rotatable bonds is 6. The van der Waals surface area contributed by atoms with E-state index in [0.29, 0.717) is 30.3 Å². The summed E-state index contributed by atoms with van der Waals surface area (Å²) in [5, 5.41) is 14.8. The highest BCUT2D eigenvalue weighted by Crippen LogP contribution is 2.37. The normalized spacial score (nSPS) is 15.6. The lowest BCUT2D eigenvalue weighted by Gasteiger charge is -2.37. The number of aromatic amines is 1. The fourth-order valence-electron chi connectivity index (χ4n) is 9.33. The molecular formula is C54H57N15O4. The number of nitro groups is 1. The maximum absolute atomic E-state index is 12.2. The van der Waals surface area contributed by atoms with Gasteiger partial charge in [-0.05, 0) is 102 Å². The van der Waals surface area contributed by atoms with Crippen LogP contribution in [0.3, 0.4) is 0 Å². The van der Waals surface area contributed by atoms with Gasteiger partial charge in [0.25, 0.3) is 11.5 Å². The van der Waals surface area contributed by atoms with E-state index in [1.807, 2.05) is 60.4 Å². The molecule has 372 valence electrons. The van der Waals surface area contributed by atoms with E-state index in [1.54, 1.807) is 54.4 Å². The van der Waals surface area contributed by atoms with E-state index in [-0.39, 0.29) is 29.5 Å². The molecule has 4 aromatic carbocycles. The SMILES string of the molecule is CN(C)C(=O)N1CCN(c2ccc3c(c2)CC(c2ccc4c(c2)CC(c2ccccn2)N4)=N3)CC1.CN(C)C(=O)N1CCN(c2ccc3nc(-c4ccc(N)c([N+](=O)[O-])c4)[nH]c3c2)CC1.[C-]#[N+]c1ccccn1. The summed E-state index contributed by atoms with van der Waals surface area (Å²) >= 11 is 0. The number of benzene rings is 4. The fourth-order valence-corrected chi connectivity index (χ4v) is 9.33. The van der Waals surface area contributed by atoms with E-state index in [4.69, 9.17) is 17.3 Å². The van der Waals surface area contributed by atoms with Gasteiger partial charge in [-0.2, -0.15) is 0 Å². The van der Waals surface area contributed by atoms with Gasteiger partial charge in [0, 0.05) is 128 Å². The van der Waals surface area contributed by atoms with Crippen LogP contribution in [0.2, 0.25) is 0 Å². The van der Waals surface area contributed by atoms with Crippen molar-refractivity contribution < 1.29 is 14.5 Å². The van der Waals surface area contributed by atoms with E-state index in [9.17, 15) is 19.7 Å². The Morgan fingerprint density at radius 3 is 1.99 bits per heavy atom. The number of hydrogen-bond donors (Lipinski definition) is 3. The number of anilines is 4. The number of fused-ring (bicyclic) bond motifs is 3. The number of aliphatic imine (C=N–C) groups is 1. The van der Waals surface area contributed by atoms with E-state index < -0.39 is 4.92 Å². The van der Waals surface area contributed by atoms with Crippen LogP contribution < -0.4 is 20.9 Å². The molecule has 1 unspecified atom stereocenters. The maximum Gasteiger partial charge on any atom is 0.319 e. The molecule has 0 bridgehead atoms. The number of hydrogen-bond acceptors (Lipinski definition) is 12. The van der Waals surface area contributed by atoms with Crippen LogP contribution in [-0.2, 0) is 12.8 Å². The van der Waals surface area contributed by atoms with E-state index in [1.165, 1.54) is 40.2 Å². The van der Waals surface area contributed by atoms with Crippen molar-refractivity contribution in [3.05, 3.63) is 166 Å². The number of imidazole rings is 1. The predicted molar refractivity (Wildman–Crippen MR) is 286 cm³/mol. The molecule has 11 rings (SSSR count). The van der Waals surface area contributed by atoms with Crippen LogP contribution in [0.1, 0.15) is 28.4 Å². The van der Waals surface area contributed by atoms with Gasteiger partial charge in [-0.25, -0.2) is 14.6 Å². The zero-order valence-corrected chi connectivity index (χ0v) is 41.3. The molecule has 3 aromatic heterocycles. The van der Waals surface area contributed by atoms with Gasteiger partial charge in [-0.3, -0.25) is 20.1 Å². The average molecular weight is 980 g/mol. The third-order valence-corrected chi connectivity index (χ3v) is 13.2. The Hall–Kier alpha value is -9.05. The molecule has 0 aliphatic carbocycles. The van der Waals surface area contributed by atoms with Crippen molar-refractivity contribution in [1.29, 1.82) is 0 Å². The Morgan fingerprint density at radius 1 is 0.740 bits per heavy atom. The first-order valence-electron chi connectivity index (χ1n) is 24.1. The number of H-pyrrole nitrogens is 1. The summed E-state index contributed by atoms with van der Waals surface area (Å²) in [4.78, 5) is 70.8. The van der Waals surface area contributed by atoms with Gasteiger partial charge in [0.2, 0.25) is 0 Å². The van der Waals surface area contributed by atoms with Gasteiger partial charge in [0.15, 0.2) is 0 Å². The number of nitrogens with two attached hydrogens (primary N) is 1. The second-order valence-corrected chi connectivity index (χ2v) is 18.5. The van der Waals surface area contributed by atoms with Gasteiger partial charge in [-0.1, -0.05) is 24.8 Å². The molecule has 7 heterocycles. The van der Waals surface area contributed by atoms with Gasteiger partial charge in [-0.15, -0.1) is 4.98 Å². The zero-order chi connectivity index (χ0) is 51.2. The van der Waals surface area contributed by atoms with Crippen LogP contribution in [0.25, 0.3) is 27.3 Å². The summed E-state index contributed by atoms with van der Waals surface area (Å²) in [6, 6.07) is 35.5. The Morgan fingerprint density at radius 2 is 1.38 bits per heavy atom. The second-order valence-electron chi connectivity index (χ2n) is 18.5. The first kappa shape index (κ1) is 49.0. The third-order valence-electron chi connectivity index (χ3n) is 13.2. The summed E-state index contributed by atoms with van der Waals surface area (Å²) in [7, 11) is 7.13. The first-order chi connectivity index (χ1) is 35.3. The molecule has 4 aliphatic heterocycles. The highest BCUT2D eigenvalue weighted by molar-refractivity contribution is 6.07. The number of nitrogens with zero attached hydrogens (tertiary/aromatic N) is 12. The Labute approximate surface area is 423 Å². The largest absolute Gasteiger partial charge is 0.393 e. The number of aromatic nitrogens is 4. The number of pyridine rings is 2. The molecular weight excluding hydrogens is 923 g/mol. The molecule has 2 saturated heterocycles. The topological polar surface area (TPSA) is 206 Å². The highest BCUT2D eigenvalue weighted by Gasteiger charge is 2.27. The van der Waals surface area contributed by atoms with Crippen LogP contribution in [0.5, 0.6) is 0 Å². The van der Waals surface area contributed by atoms with Crippen LogP contribution in [0, 0.1) is 16.7 Å². The third kappa shape index (κ3) is 11.1. The van der Waals surface area contributed by atoms with Crippen molar-refractivity contribution in [3.8, 4) is 11.4 Å². The number of nitro benzene ring substituents is 1. The molecule has 2 fully saturated rings. The molecule has 0 spiro atoms. The van der Waals surface area contributed by atoms with E-state index in [2.05, 4.69) is 82.4 Å². The molecule has 0 radical (unpaired) electrons. The number of nitrogens with one attached hydrogen (secondary N) is 2. The summed E-state index contributed by atoms with van der Waals surface area (Å²) in [6.45, 7) is 12.5. The van der Waals surface area contributed by atoms with E-state index >= 15 is 0 Å². The first-order valence-corrected chi connectivity index (χ1v) is 24.1. The number of amides is 4. The van der Waals surface area contributed by atoms with Crippen molar-refractivity contribution in [3.63, 3.8) is 0 Å². The molecule has 19 nitrogen and oxygen atoms in total. The lowest BCUT2D eigenvalue weighted by atomic mass is 9.99. The molecule has 4 aliphatic rings. The van der Waals surface area contributed by atoms with Crippen LogP contribution in [0.15, 0.2) is 127 Å². The van der Waals surface area contributed by atoms with Crippen molar-refractivity contribution in [2.75, 3.05) is 101 Å².